The summed E-state index contributed by atoms with van der Waals surface area (Å²) < 4.78 is 38.6. The Labute approximate surface area is 186 Å². The van der Waals surface area contributed by atoms with E-state index in [0.29, 0.717) is 11.6 Å². The van der Waals surface area contributed by atoms with E-state index >= 15 is 0 Å². The van der Waals surface area contributed by atoms with Crippen LogP contribution in [-0.2, 0) is 31.7 Å². The van der Waals surface area contributed by atoms with Crippen molar-refractivity contribution in [2.45, 2.75) is 57.8 Å². The normalized spacial score (nSPS) is 17.8. The molecule has 1 amide bonds. The van der Waals surface area contributed by atoms with Gasteiger partial charge in [-0.15, -0.1) is 0 Å². The largest absolute Gasteiger partial charge is 0.494 e. The molecule has 0 radical (unpaired) electrons. The van der Waals surface area contributed by atoms with Gasteiger partial charge in [0.05, 0.1) is 17.6 Å². The number of halogens is 2. The van der Waals surface area contributed by atoms with E-state index in [-0.39, 0.29) is 18.4 Å². The van der Waals surface area contributed by atoms with Crippen molar-refractivity contribution in [3.63, 3.8) is 0 Å². The second-order valence-corrected chi connectivity index (χ2v) is 8.95. The number of carboxylic acids is 1. The molecule has 0 bridgehead atoms. The third kappa shape index (κ3) is 5.52. The van der Waals surface area contributed by atoms with Crippen LogP contribution in [0.4, 0.5) is 8.78 Å². The Morgan fingerprint density at radius 2 is 1.50 bits per heavy atom. The summed E-state index contributed by atoms with van der Waals surface area (Å²) in [5, 5.41) is 11.9. The van der Waals surface area contributed by atoms with Crippen LogP contribution < -0.4 is 10.8 Å². The zero-order valence-corrected chi connectivity index (χ0v) is 18.4. The minimum Gasteiger partial charge on any atom is -0.480 e. The zero-order chi connectivity index (χ0) is 23.7. The van der Waals surface area contributed by atoms with Crippen molar-refractivity contribution in [3.05, 3.63) is 65.2 Å². The first-order valence-corrected chi connectivity index (χ1v) is 10.3. The summed E-state index contributed by atoms with van der Waals surface area (Å²) in [6, 6.07) is 8.69. The molecular weight excluding hydrogens is 419 g/mol. The van der Waals surface area contributed by atoms with Crippen LogP contribution in [0.15, 0.2) is 42.5 Å². The van der Waals surface area contributed by atoms with Gasteiger partial charge in [0.2, 0.25) is 5.91 Å². The summed E-state index contributed by atoms with van der Waals surface area (Å²) in [6.07, 6.45) is -0.290. The molecule has 2 aromatic rings. The minimum absolute atomic E-state index is 0.0439. The summed E-state index contributed by atoms with van der Waals surface area (Å²) in [4.78, 5) is 23.9. The molecule has 1 heterocycles. The van der Waals surface area contributed by atoms with Crippen LogP contribution in [0, 0.1) is 11.6 Å². The molecule has 6 nitrogen and oxygen atoms in total. The maximum absolute atomic E-state index is 13.3. The van der Waals surface area contributed by atoms with Crippen molar-refractivity contribution in [3.8, 4) is 0 Å². The van der Waals surface area contributed by atoms with Gasteiger partial charge in [-0.2, -0.15) is 0 Å². The predicted molar refractivity (Wildman–Crippen MR) is 115 cm³/mol. The van der Waals surface area contributed by atoms with E-state index in [9.17, 15) is 23.5 Å². The summed E-state index contributed by atoms with van der Waals surface area (Å²) in [7, 11) is -0.532. The highest BCUT2D eigenvalue weighted by Gasteiger charge is 2.51. The first-order chi connectivity index (χ1) is 14.9. The fraction of sp³-hybridized carbons (Fsp3) is 0.391. The number of amides is 1. The SMILES string of the molecule is CC1(C)OB(c2ccc(C[C@H](NC(=O)Cc3cc(F)cc(F)c3)C(=O)O)cc2)OC1(C)C. The van der Waals surface area contributed by atoms with Gasteiger partial charge in [-0.1, -0.05) is 24.3 Å². The monoisotopic (exact) mass is 445 g/mol. The van der Waals surface area contributed by atoms with E-state index in [1.807, 2.05) is 27.7 Å². The van der Waals surface area contributed by atoms with Gasteiger partial charge in [0.25, 0.3) is 0 Å². The van der Waals surface area contributed by atoms with Crippen molar-refractivity contribution in [1.29, 1.82) is 0 Å². The molecule has 3 rings (SSSR count). The van der Waals surface area contributed by atoms with E-state index in [1.54, 1.807) is 24.3 Å². The molecule has 0 aliphatic carbocycles. The molecule has 0 aromatic heterocycles. The lowest BCUT2D eigenvalue weighted by atomic mass is 9.78. The number of rotatable bonds is 7. The van der Waals surface area contributed by atoms with Crippen LogP contribution in [0.1, 0.15) is 38.8 Å². The molecule has 2 N–H and O–H groups in total. The van der Waals surface area contributed by atoms with Gasteiger partial charge >= 0.3 is 13.1 Å². The van der Waals surface area contributed by atoms with Gasteiger partial charge < -0.3 is 19.7 Å². The summed E-state index contributed by atoms with van der Waals surface area (Å²) in [6.45, 7) is 7.83. The maximum Gasteiger partial charge on any atom is 0.494 e. The Kier molecular flexibility index (Phi) is 6.71. The third-order valence-corrected chi connectivity index (χ3v) is 5.87. The average Bonchev–Trinajstić information content (AvgIpc) is 2.88. The number of aliphatic carboxylic acids is 1. The predicted octanol–water partition coefficient (Wildman–Crippen LogP) is 2.62. The van der Waals surface area contributed by atoms with Crippen molar-refractivity contribution < 1.29 is 32.8 Å². The van der Waals surface area contributed by atoms with Crippen LogP contribution in [-0.4, -0.2) is 41.3 Å². The Hall–Kier alpha value is -2.78. The maximum atomic E-state index is 13.3. The van der Waals surface area contributed by atoms with Crippen LogP contribution in [0.25, 0.3) is 0 Å². The average molecular weight is 445 g/mol. The lowest BCUT2D eigenvalue weighted by Crippen LogP contribution is -2.43. The van der Waals surface area contributed by atoms with Gasteiger partial charge in [0.15, 0.2) is 0 Å². The van der Waals surface area contributed by atoms with Crippen molar-refractivity contribution in [2.75, 3.05) is 0 Å². The van der Waals surface area contributed by atoms with E-state index in [2.05, 4.69) is 5.32 Å². The molecule has 1 fully saturated rings. The molecule has 32 heavy (non-hydrogen) atoms. The second-order valence-electron chi connectivity index (χ2n) is 8.95. The number of carbonyl (C=O) groups is 2. The fourth-order valence-electron chi connectivity index (χ4n) is 3.37. The quantitative estimate of drug-likeness (QED) is 0.641. The van der Waals surface area contributed by atoms with Gasteiger partial charge in [0, 0.05) is 12.5 Å². The Morgan fingerprint density at radius 3 is 2.00 bits per heavy atom. The Morgan fingerprint density at radius 1 is 0.969 bits per heavy atom. The number of hydrogen-bond donors (Lipinski definition) is 2. The molecule has 0 spiro atoms. The molecule has 2 aromatic carbocycles. The minimum atomic E-state index is -1.21. The number of hydrogen-bond acceptors (Lipinski definition) is 4. The number of carbonyl (C=O) groups excluding carboxylic acids is 1. The highest BCUT2D eigenvalue weighted by atomic mass is 19.1. The molecule has 1 aliphatic rings. The van der Waals surface area contributed by atoms with E-state index in [1.165, 1.54) is 0 Å². The standard InChI is InChI=1S/C23H26BF2NO5/c1-22(2)23(3,4)32-24(31-22)16-7-5-14(6-8-16)11-19(21(29)30)27-20(28)12-15-9-17(25)13-18(26)10-15/h5-10,13,19H,11-12H2,1-4H3,(H,27,28)(H,29,30)/t19-/m0/s1. The van der Waals surface area contributed by atoms with Crippen LogP contribution in [0.3, 0.4) is 0 Å². The third-order valence-electron chi connectivity index (χ3n) is 5.87. The molecule has 170 valence electrons. The van der Waals surface area contributed by atoms with E-state index < -0.39 is 47.9 Å². The lowest BCUT2D eigenvalue weighted by molar-refractivity contribution is -0.141. The molecule has 9 heteroatoms. The fourth-order valence-corrected chi connectivity index (χ4v) is 3.37. The summed E-state index contributed by atoms with van der Waals surface area (Å²) >= 11 is 0. The number of benzene rings is 2. The van der Waals surface area contributed by atoms with E-state index in [4.69, 9.17) is 9.31 Å². The second kappa shape index (κ2) is 9.00. The first kappa shape index (κ1) is 23.9. The summed E-state index contributed by atoms with van der Waals surface area (Å²) in [5.74, 6) is -3.45. The molecule has 1 aliphatic heterocycles. The zero-order valence-electron chi connectivity index (χ0n) is 18.4. The van der Waals surface area contributed by atoms with Gasteiger partial charge in [-0.3, -0.25) is 4.79 Å². The lowest BCUT2D eigenvalue weighted by Gasteiger charge is -2.32. The first-order valence-electron chi connectivity index (χ1n) is 10.3. The van der Waals surface area contributed by atoms with Crippen molar-refractivity contribution >= 4 is 24.5 Å². The van der Waals surface area contributed by atoms with Crippen LogP contribution in [0.2, 0.25) is 0 Å². The smallest absolute Gasteiger partial charge is 0.480 e. The molecule has 1 saturated heterocycles. The topological polar surface area (TPSA) is 84.9 Å². The molecule has 1 atom stereocenters. The molecular formula is C23H26BF2NO5. The summed E-state index contributed by atoms with van der Waals surface area (Å²) in [5.41, 5.74) is 0.668. The number of nitrogens with one attached hydrogen (secondary N) is 1. The van der Waals surface area contributed by atoms with Crippen LogP contribution >= 0.6 is 0 Å². The van der Waals surface area contributed by atoms with Crippen molar-refractivity contribution in [2.24, 2.45) is 0 Å². The Balaban J connectivity index is 1.63. The van der Waals surface area contributed by atoms with Gasteiger partial charge in [-0.05, 0) is 56.4 Å². The highest BCUT2D eigenvalue weighted by molar-refractivity contribution is 6.62. The number of carboxylic acid groups (broad SMARTS) is 1. The molecule has 0 saturated carbocycles. The Bertz CT molecular complexity index is 974. The van der Waals surface area contributed by atoms with E-state index in [0.717, 1.165) is 17.6 Å². The van der Waals surface area contributed by atoms with Crippen LogP contribution in [0.5, 0.6) is 0 Å². The molecule has 0 unspecified atom stereocenters. The van der Waals surface area contributed by atoms with Crippen molar-refractivity contribution in [1.82, 2.24) is 5.32 Å². The highest BCUT2D eigenvalue weighted by Crippen LogP contribution is 2.36. The van der Waals surface area contributed by atoms with Gasteiger partial charge in [-0.25, -0.2) is 13.6 Å². The van der Waals surface area contributed by atoms with Gasteiger partial charge in [0.1, 0.15) is 17.7 Å².